The summed E-state index contributed by atoms with van der Waals surface area (Å²) in [5.41, 5.74) is 2.69. The topological polar surface area (TPSA) is 57.6 Å². The predicted molar refractivity (Wildman–Crippen MR) is 111 cm³/mol. The smallest absolute Gasteiger partial charge is 0.307 e. The second-order valence-electron chi connectivity index (χ2n) is 9.24. The number of aliphatic carboxylic acids is 1. The van der Waals surface area contributed by atoms with E-state index >= 15 is 0 Å². The third kappa shape index (κ3) is 4.95. The molecular formula is C24H35NO3. The van der Waals surface area contributed by atoms with Gasteiger partial charge in [-0.1, -0.05) is 57.4 Å². The molecule has 1 atom stereocenters. The number of likely N-dealkylation sites (tertiary alicyclic amines) is 1. The number of amides is 1. The molecule has 28 heavy (non-hydrogen) atoms. The Balaban J connectivity index is 1.60. The fraction of sp³-hybridized carbons (Fsp3) is 0.667. The fourth-order valence-electron chi connectivity index (χ4n) is 5.17. The number of piperidine rings is 1. The molecule has 1 heterocycles. The molecule has 1 aromatic carbocycles. The van der Waals surface area contributed by atoms with Gasteiger partial charge in [0.1, 0.15) is 0 Å². The van der Waals surface area contributed by atoms with Gasteiger partial charge >= 0.3 is 5.97 Å². The van der Waals surface area contributed by atoms with E-state index in [4.69, 9.17) is 0 Å². The summed E-state index contributed by atoms with van der Waals surface area (Å²) in [5, 5.41) is 9.74. The van der Waals surface area contributed by atoms with Gasteiger partial charge in [-0.3, -0.25) is 9.59 Å². The van der Waals surface area contributed by atoms with Gasteiger partial charge in [0.25, 0.3) is 0 Å². The van der Waals surface area contributed by atoms with Crippen LogP contribution in [0.1, 0.15) is 82.3 Å². The zero-order valence-electron chi connectivity index (χ0n) is 17.5. The van der Waals surface area contributed by atoms with E-state index in [0.717, 1.165) is 31.5 Å². The van der Waals surface area contributed by atoms with Gasteiger partial charge in [0, 0.05) is 19.5 Å². The number of carboxylic acid groups (broad SMARTS) is 1. The van der Waals surface area contributed by atoms with Gasteiger partial charge in [-0.25, -0.2) is 0 Å². The van der Waals surface area contributed by atoms with Gasteiger partial charge in [0.15, 0.2) is 0 Å². The summed E-state index contributed by atoms with van der Waals surface area (Å²) in [6.07, 6.45) is 9.32. The highest BCUT2D eigenvalue weighted by atomic mass is 16.4. The van der Waals surface area contributed by atoms with Crippen LogP contribution < -0.4 is 0 Å². The van der Waals surface area contributed by atoms with Gasteiger partial charge in [0.05, 0.1) is 5.92 Å². The monoisotopic (exact) mass is 385 g/mol. The van der Waals surface area contributed by atoms with E-state index < -0.39 is 11.9 Å². The van der Waals surface area contributed by atoms with Crippen molar-refractivity contribution in [2.75, 3.05) is 13.1 Å². The Morgan fingerprint density at radius 2 is 1.68 bits per heavy atom. The van der Waals surface area contributed by atoms with E-state index in [9.17, 15) is 14.7 Å². The average Bonchev–Trinajstić information content (AvgIpc) is 2.68. The number of hydrogen-bond donors (Lipinski definition) is 1. The lowest BCUT2D eigenvalue weighted by atomic mass is 9.68. The maximum Gasteiger partial charge on any atom is 0.307 e. The molecule has 1 spiro atoms. The number of rotatable bonds is 6. The average molecular weight is 386 g/mol. The molecule has 0 aromatic heterocycles. The zero-order valence-corrected chi connectivity index (χ0v) is 17.5. The maximum atomic E-state index is 12.9. The first-order chi connectivity index (χ1) is 13.4. The predicted octanol–water partition coefficient (Wildman–Crippen LogP) is 5.02. The highest BCUT2D eigenvalue weighted by molar-refractivity contribution is 5.82. The fourth-order valence-corrected chi connectivity index (χ4v) is 5.17. The number of nitrogens with zero attached hydrogens (tertiary/aromatic N) is 1. The molecule has 1 saturated carbocycles. The Labute approximate surface area is 169 Å². The van der Waals surface area contributed by atoms with Crippen molar-refractivity contribution in [2.45, 2.75) is 77.6 Å². The highest BCUT2D eigenvalue weighted by Crippen LogP contribution is 2.44. The van der Waals surface area contributed by atoms with Crippen LogP contribution in [-0.4, -0.2) is 35.0 Å². The van der Waals surface area contributed by atoms with Crippen molar-refractivity contribution in [3.8, 4) is 0 Å². The summed E-state index contributed by atoms with van der Waals surface area (Å²) >= 11 is 0. The molecule has 1 saturated heterocycles. The SMILES string of the molecule is CC(C)c1ccccc1CC(CC(=O)N1CCC2(CCCCC2)CC1)C(=O)O. The van der Waals surface area contributed by atoms with Gasteiger partial charge in [-0.15, -0.1) is 0 Å². The molecule has 0 radical (unpaired) electrons. The van der Waals surface area contributed by atoms with Crippen LogP contribution in [0.25, 0.3) is 0 Å². The number of carboxylic acids is 1. The quantitative estimate of drug-likeness (QED) is 0.748. The Bertz CT molecular complexity index is 681. The van der Waals surface area contributed by atoms with Crippen LogP contribution in [0.15, 0.2) is 24.3 Å². The summed E-state index contributed by atoms with van der Waals surface area (Å²) in [7, 11) is 0. The van der Waals surface area contributed by atoms with Crippen LogP contribution in [0.2, 0.25) is 0 Å². The van der Waals surface area contributed by atoms with Crippen LogP contribution in [0, 0.1) is 11.3 Å². The van der Waals surface area contributed by atoms with Crippen LogP contribution in [0.3, 0.4) is 0 Å². The molecule has 1 amide bonds. The largest absolute Gasteiger partial charge is 0.481 e. The van der Waals surface area contributed by atoms with Crippen LogP contribution in [0.5, 0.6) is 0 Å². The second-order valence-corrected chi connectivity index (χ2v) is 9.24. The highest BCUT2D eigenvalue weighted by Gasteiger charge is 2.37. The molecular weight excluding hydrogens is 350 g/mol. The molecule has 2 aliphatic rings. The summed E-state index contributed by atoms with van der Waals surface area (Å²) < 4.78 is 0. The molecule has 1 aliphatic heterocycles. The molecule has 2 fully saturated rings. The van der Waals surface area contributed by atoms with E-state index in [2.05, 4.69) is 19.9 Å². The van der Waals surface area contributed by atoms with E-state index in [0.29, 0.717) is 17.8 Å². The first kappa shape index (κ1) is 20.9. The Hall–Kier alpha value is -1.84. The van der Waals surface area contributed by atoms with Gasteiger partial charge in [-0.2, -0.15) is 0 Å². The van der Waals surface area contributed by atoms with Crippen molar-refractivity contribution in [1.29, 1.82) is 0 Å². The summed E-state index contributed by atoms with van der Waals surface area (Å²) in [6, 6.07) is 8.02. The zero-order chi connectivity index (χ0) is 20.1. The van der Waals surface area contributed by atoms with Gasteiger partial charge in [-0.05, 0) is 54.6 Å². The lowest BCUT2D eigenvalue weighted by molar-refractivity contribution is -0.146. The van der Waals surface area contributed by atoms with E-state index in [1.54, 1.807) is 0 Å². The Kier molecular flexibility index (Phi) is 6.79. The van der Waals surface area contributed by atoms with Gasteiger partial charge in [0.2, 0.25) is 5.91 Å². The lowest BCUT2D eigenvalue weighted by Crippen LogP contribution is -2.44. The third-order valence-corrected chi connectivity index (χ3v) is 7.00. The first-order valence-corrected chi connectivity index (χ1v) is 11.0. The van der Waals surface area contributed by atoms with Crippen LogP contribution >= 0.6 is 0 Å². The van der Waals surface area contributed by atoms with Crippen molar-refractivity contribution in [2.24, 2.45) is 11.3 Å². The molecule has 1 aromatic rings. The minimum atomic E-state index is -0.868. The van der Waals surface area contributed by atoms with Gasteiger partial charge < -0.3 is 10.0 Å². The molecule has 4 heteroatoms. The molecule has 4 nitrogen and oxygen atoms in total. The van der Waals surface area contributed by atoms with Crippen molar-refractivity contribution in [1.82, 2.24) is 4.90 Å². The van der Waals surface area contributed by atoms with Crippen LogP contribution in [0.4, 0.5) is 0 Å². The Morgan fingerprint density at radius 3 is 2.29 bits per heavy atom. The number of carbonyl (C=O) groups is 2. The maximum absolute atomic E-state index is 12.9. The normalized spacial score (nSPS) is 20.3. The number of hydrogen-bond acceptors (Lipinski definition) is 2. The summed E-state index contributed by atoms with van der Waals surface area (Å²) in [6.45, 7) is 5.84. The molecule has 1 unspecified atom stereocenters. The minimum absolute atomic E-state index is 0.0140. The second kappa shape index (κ2) is 9.11. The Morgan fingerprint density at radius 1 is 1.04 bits per heavy atom. The third-order valence-electron chi connectivity index (χ3n) is 7.00. The molecule has 1 aliphatic carbocycles. The molecule has 154 valence electrons. The number of carbonyl (C=O) groups excluding carboxylic acids is 1. The molecule has 0 bridgehead atoms. The lowest BCUT2D eigenvalue weighted by Gasteiger charge is -2.44. The summed E-state index contributed by atoms with van der Waals surface area (Å²) in [5.74, 6) is -1.17. The van der Waals surface area contributed by atoms with E-state index in [-0.39, 0.29) is 12.3 Å². The van der Waals surface area contributed by atoms with E-state index in [1.165, 1.54) is 37.7 Å². The van der Waals surface area contributed by atoms with Crippen molar-refractivity contribution >= 4 is 11.9 Å². The van der Waals surface area contributed by atoms with Crippen LogP contribution in [-0.2, 0) is 16.0 Å². The molecule has 3 rings (SSSR count). The molecule has 1 N–H and O–H groups in total. The number of benzene rings is 1. The minimum Gasteiger partial charge on any atom is -0.481 e. The first-order valence-electron chi connectivity index (χ1n) is 11.0. The van der Waals surface area contributed by atoms with Crippen molar-refractivity contribution < 1.29 is 14.7 Å². The van der Waals surface area contributed by atoms with Crippen molar-refractivity contribution in [3.63, 3.8) is 0 Å². The standard InChI is InChI=1S/C24H35NO3/c1-18(2)21-9-5-4-8-19(21)16-20(23(27)28)17-22(26)25-14-12-24(13-15-25)10-6-3-7-11-24/h4-5,8-9,18,20H,3,6-7,10-17H2,1-2H3,(H,27,28). The summed E-state index contributed by atoms with van der Waals surface area (Å²) in [4.78, 5) is 26.7. The van der Waals surface area contributed by atoms with E-state index in [1.807, 2.05) is 23.1 Å². The van der Waals surface area contributed by atoms with Crippen molar-refractivity contribution in [3.05, 3.63) is 35.4 Å².